The maximum Gasteiger partial charge on any atom is 0.416 e. The summed E-state index contributed by atoms with van der Waals surface area (Å²) in [5.41, 5.74) is -2.00. The number of aliphatic imine (C=N–C) groups is 1. The van der Waals surface area contributed by atoms with Gasteiger partial charge in [0.15, 0.2) is 0 Å². The highest BCUT2D eigenvalue weighted by Crippen LogP contribution is 2.39. The van der Waals surface area contributed by atoms with E-state index in [1.807, 2.05) is 6.07 Å². The van der Waals surface area contributed by atoms with Crippen LogP contribution < -0.4 is 5.32 Å². The number of alkyl halides is 6. The topological polar surface area (TPSA) is 24.4 Å². The molecular weight excluding hydrogens is 402 g/mol. The van der Waals surface area contributed by atoms with Gasteiger partial charge in [0, 0.05) is 29.3 Å². The molecule has 2 aromatic carbocycles. The minimum Gasteiger partial charge on any atom is -0.370 e. The normalized spacial score (nSPS) is 15.1. The van der Waals surface area contributed by atoms with E-state index >= 15 is 0 Å². The van der Waals surface area contributed by atoms with Crippen LogP contribution in [-0.2, 0) is 18.1 Å². The molecule has 1 heterocycles. The van der Waals surface area contributed by atoms with Crippen LogP contribution in [0.25, 0.3) is 0 Å². The van der Waals surface area contributed by atoms with Crippen LogP contribution in [0.15, 0.2) is 52.4 Å². The minimum atomic E-state index is -4.87. The molecule has 1 aliphatic heterocycles. The number of thioether (sulfide) groups is 1. The van der Waals surface area contributed by atoms with E-state index in [1.165, 1.54) is 0 Å². The number of nitrogens with zero attached hydrogens (tertiary/aromatic N) is 1. The van der Waals surface area contributed by atoms with Crippen molar-refractivity contribution in [2.24, 2.45) is 4.99 Å². The fraction of sp³-hybridized carbons (Fsp3) is 0.316. The van der Waals surface area contributed by atoms with Gasteiger partial charge in [-0.3, -0.25) is 4.99 Å². The van der Waals surface area contributed by atoms with E-state index in [9.17, 15) is 26.3 Å². The van der Waals surface area contributed by atoms with Gasteiger partial charge in [-0.05, 0) is 30.2 Å². The van der Waals surface area contributed by atoms with Crippen LogP contribution in [0.5, 0.6) is 0 Å². The van der Waals surface area contributed by atoms with E-state index in [2.05, 4.69) is 10.3 Å². The van der Waals surface area contributed by atoms with Gasteiger partial charge in [-0.15, -0.1) is 11.8 Å². The first-order valence-electron chi connectivity index (χ1n) is 8.44. The van der Waals surface area contributed by atoms with Crippen molar-refractivity contribution >= 4 is 17.6 Å². The van der Waals surface area contributed by atoms with Crippen LogP contribution in [0.1, 0.15) is 28.7 Å². The van der Waals surface area contributed by atoms with E-state index in [4.69, 9.17) is 0 Å². The smallest absolute Gasteiger partial charge is 0.370 e. The van der Waals surface area contributed by atoms with Crippen molar-refractivity contribution in [3.05, 3.63) is 64.7 Å². The van der Waals surface area contributed by atoms with Gasteiger partial charge in [0.1, 0.15) is 5.84 Å². The molecule has 1 N–H and O–H groups in total. The molecule has 0 saturated heterocycles. The summed E-state index contributed by atoms with van der Waals surface area (Å²) < 4.78 is 78.3. The van der Waals surface area contributed by atoms with Gasteiger partial charge in [-0.1, -0.05) is 24.3 Å². The van der Waals surface area contributed by atoms with Crippen molar-refractivity contribution in [1.29, 1.82) is 0 Å². The SMILES string of the molecule is FC(F)(F)c1ccc(CSc2ccccc2C2=NCCCN2)c(C(F)(F)F)c1. The number of nitrogens with one attached hydrogen (secondary N) is 1. The predicted molar refractivity (Wildman–Crippen MR) is 96.5 cm³/mol. The van der Waals surface area contributed by atoms with Crippen LogP contribution in [0.2, 0.25) is 0 Å². The van der Waals surface area contributed by atoms with Crippen LogP contribution in [0.4, 0.5) is 26.3 Å². The van der Waals surface area contributed by atoms with Gasteiger partial charge in [-0.2, -0.15) is 26.3 Å². The van der Waals surface area contributed by atoms with Crippen molar-refractivity contribution in [2.45, 2.75) is 29.4 Å². The lowest BCUT2D eigenvalue weighted by Crippen LogP contribution is -2.30. The van der Waals surface area contributed by atoms with Gasteiger partial charge in [0.2, 0.25) is 0 Å². The molecule has 0 aliphatic carbocycles. The highest BCUT2D eigenvalue weighted by atomic mass is 32.2. The largest absolute Gasteiger partial charge is 0.416 e. The van der Waals surface area contributed by atoms with Crippen LogP contribution in [-0.4, -0.2) is 18.9 Å². The lowest BCUT2D eigenvalue weighted by Gasteiger charge is -2.18. The summed E-state index contributed by atoms with van der Waals surface area (Å²) in [5.74, 6) is 0.565. The zero-order valence-electron chi connectivity index (χ0n) is 14.5. The number of rotatable bonds is 4. The van der Waals surface area contributed by atoms with Crippen molar-refractivity contribution in [3.8, 4) is 0 Å². The molecule has 0 amide bonds. The van der Waals surface area contributed by atoms with E-state index in [0.717, 1.165) is 36.4 Å². The fourth-order valence-corrected chi connectivity index (χ4v) is 3.86. The quantitative estimate of drug-likeness (QED) is 0.505. The molecule has 0 radical (unpaired) electrons. The van der Waals surface area contributed by atoms with Gasteiger partial charge < -0.3 is 5.32 Å². The Balaban J connectivity index is 1.88. The summed E-state index contributed by atoms with van der Waals surface area (Å²) >= 11 is 1.14. The Kier molecular flexibility index (Phi) is 5.92. The summed E-state index contributed by atoms with van der Waals surface area (Å²) in [6, 6.07) is 8.90. The van der Waals surface area contributed by atoms with E-state index < -0.39 is 23.5 Å². The van der Waals surface area contributed by atoms with Gasteiger partial charge in [0.25, 0.3) is 0 Å². The summed E-state index contributed by atoms with van der Waals surface area (Å²) in [5, 5.41) is 3.17. The highest BCUT2D eigenvalue weighted by Gasteiger charge is 2.38. The predicted octanol–water partition coefficient (Wildman–Crippen LogP) is 5.76. The Labute approximate surface area is 162 Å². The van der Waals surface area contributed by atoms with E-state index in [1.54, 1.807) is 18.2 Å². The van der Waals surface area contributed by atoms with E-state index in [0.29, 0.717) is 23.3 Å². The molecular formula is C19H16F6N2S. The molecule has 3 rings (SSSR count). The molecule has 0 unspecified atom stereocenters. The molecule has 0 atom stereocenters. The van der Waals surface area contributed by atoms with Crippen LogP contribution >= 0.6 is 11.8 Å². The molecule has 2 aromatic rings. The Morgan fingerprint density at radius 3 is 2.36 bits per heavy atom. The van der Waals surface area contributed by atoms with Gasteiger partial charge in [0.05, 0.1) is 11.1 Å². The third-order valence-corrected chi connectivity index (χ3v) is 5.29. The second-order valence-corrected chi connectivity index (χ2v) is 7.18. The third-order valence-electron chi connectivity index (χ3n) is 4.17. The molecule has 0 spiro atoms. The highest BCUT2D eigenvalue weighted by molar-refractivity contribution is 7.98. The Morgan fingerprint density at radius 1 is 0.964 bits per heavy atom. The lowest BCUT2D eigenvalue weighted by molar-refractivity contribution is -0.143. The first-order chi connectivity index (χ1) is 13.2. The average molecular weight is 418 g/mol. The van der Waals surface area contributed by atoms with Crippen molar-refractivity contribution in [1.82, 2.24) is 5.32 Å². The molecule has 28 heavy (non-hydrogen) atoms. The fourth-order valence-electron chi connectivity index (χ4n) is 2.80. The zero-order valence-corrected chi connectivity index (χ0v) is 15.3. The number of hydrogen-bond acceptors (Lipinski definition) is 3. The first-order valence-corrected chi connectivity index (χ1v) is 9.42. The monoisotopic (exact) mass is 418 g/mol. The number of amidine groups is 1. The number of benzene rings is 2. The maximum absolute atomic E-state index is 13.3. The number of hydrogen-bond donors (Lipinski definition) is 1. The summed E-state index contributed by atoms with van der Waals surface area (Å²) in [4.78, 5) is 5.11. The molecule has 9 heteroatoms. The third kappa shape index (κ3) is 4.81. The van der Waals surface area contributed by atoms with Crippen LogP contribution in [0.3, 0.4) is 0 Å². The second-order valence-electron chi connectivity index (χ2n) is 6.16. The second kappa shape index (κ2) is 8.06. The number of halogens is 6. The van der Waals surface area contributed by atoms with Gasteiger partial charge >= 0.3 is 12.4 Å². The minimum absolute atomic E-state index is 0.114. The molecule has 0 aromatic heterocycles. The van der Waals surface area contributed by atoms with Crippen molar-refractivity contribution < 1.29 is 26.3 Å². The van der Waals surface area contributed by atoms with Crippen molar-refractivity contribution in [2.75, 3.05) is 13.1 Å². The summed E-state index contributed by atoms with van der Waals surface area (Å²) in [7, 11) is 0. The molecule has 0 fully saturated rings. The molecule has 1 aliphatic rings. The van der Waals surface area contributed by atoms with Crippen LogP contribution in [0, 0.1) is 0 Å². The Hall–Kier alpha value is -2.16. The standard InChI is InChI=1S/C19H16F6N2S/c20-18(21,22)13-7-6-12(15(10-13)19(23,24)25)11-28-16-5-2-1-4-14(16)17-26-8-3-9-27-17/h1-2,4-7,10H,3,8-9,11H2,(H,26,27). The van der Waals surface area contributed by atoms with Gasteiger partial charge in [-0.25, -0.2) is 0 Å². The molecule has 2 nitrogen and oxygen atoms in total. The van der Waals surface area contributed by atoms with E-state index in [-0.39, 0.29) is 17.4 Å². The molecule has 0 saturated carbocycles. The first kappa shape index (κ1) is 20.6. The average Bonchev–Trinajstić information content (AvgIpc) is 2.65. The van der Waals surface area contributed by atoms with Crippen molar-refractivity contribution in [3.63, 3.8) is 0 Å². The zero-order chi connectivity index (χ0) is 20.4. The Bertz CT molecular complexity index is 873. The molecule has 0 bridgehead atoms. The molecule has 150 valence electrons. The summed E-state index contributed by atoms with van der Waals surface area (Å²) in [6.07, 6.45) is -8.80. The lowest BCUT2D eigenvalue weighted by atomic mass is 10.0. The maximum atomic E-state index is 13.3. The summed E-state index contributed by atoms with van der Waals surface area (Å²) in [6.45, 7) is 1.42. The Morgan fingerprint density at radius 2 is 1.71 bits per heavy atom.